The molecule has 0 bridgehead atoms. The monoisotopic (exact) mass is 544 g/mol. The Labute approximate surface area is 238 Å². The van der Waals surface area contributed by atoms with E-state index >= 15 is 0 Å². The SMILES string of the molecule is CC/C=C(/C=Nc1cc(C(C)(C)C)[nH]c1C)C(=O)CCCCC(COC(C)(C)C)C(C)CC(=O)OC(C)(C)C. The molecule has 1 aromatic rings. The molecule has 1 aromatic heterocycles. The third-order valence-electron chi connectivity index (χ3n) is 6.56. The standard InChI is InChI=1S/C33H56N2O4/c1-13-16-25(21-34-27-20-29(31(4,5)6)35-24(27)3)28(36)18-15-14-17-26(22-38-32(7,8)9)23(2)19-30(37)39-33(10,11)12/h16,20-21,23,26,35H,13-15,17-19,22H2,1-12H3/b25-16-,34-21?. The van der Waals surface area contributed by atoms with Gasteiger partial charge >= 0.3 is 5.97 Å². The number of aromatic nitrogens is 1. The Morgan fingerprint density at radius 3 is 2.18 bits per heavy atom. The lowest BCUT2D eigenvalue weighted by molar-refractivity contribution is -0.156. The van der Waals surface area contributed by atoms with Crippen LogP contribution in [0.3, 0.4) is 0 Å². The number of hydrogen-bond acceptors (Lipinski definition) is 5. The fourth-order valence-electron chi connectivity index (χ4n) is 4.22. The van der Waals surface area contributed by atoms with E-state index in [1.54, 1.807) is 6.21 Å². The summed E-state index contributed by atoms with van der Waals surface area (Å²) in [6.07, 6.45) is 7.88. The summed E-state index contributed by atoms with van der Waals surface area (Å²) >= 11 is 0. The van der Waals surface area contributed by atoms with E-state index in [9.17, 15) is 9.59 Å². The second-order valence-electron chi connectivity index (χ2n) is 13.9. The van der Waals surface area contributed by atoms with Crippen molar-refractivity contribution in [3.8, 4) is 0 Å². The summed E-state index contributed by atoms with van der Waals surface area (Å²) in [7, 11) is 0. The van der Waals surface area contributed by atoms with Gasteiger partial charge in [-0.3, -0.25) is 14.6 Å². The van der Waals surface area contributed by atoms with E-state index in [1.807, 2.05) is 61.5 Å². The van der Waals surface area contributed by atoms with Crippen molar-refractivity contribution in [3.63, 3.8) is 0 Å². The zero-order chi connectivity index (χ0) is 30.0. The zero-order valence-corrected chi connectivity index (χ0v) is 26.9. The summed E-state index contributed by atoms with van der Waals surface area (Å²) in [5.74, 6) is 0.289. The molecule has 0 spiro atoms. The Bertz CT molecular complexity index is 981. The fourth-order valence-corrected chi connectivity index (χ4v) is 4.22. The first-order valence-electron chi connectivity index (χ1n) is 14.7. The molecule has 2 atom stereocenters. The van der Waals surface area contributed by atoms with Crippen molar-refractivity contribution < 1.29 is 19.1 Å². The molecule has 0 saturated carbocycles. The van der Waals surface area contributed by atoms with Gasteiger partial charge in [0.05, 0.1) is 17.9 Å². The topological polar surface area (TPSA) is 80.8 Å². The molecule has 0 aromatic carbocycles. The molecule has 0 aliphatic heterocycles. The minimum Gasteiger partial charge on any atom is -0.460 e. The van der Waals surface area contributed by atoms with Gasteiger partial charge in [0, 0.05) is 41.4 Å². The van der Waals surface area contributed by atoms with Crippen LogP contribution in [0.15, 0.2) is 22.7 Å². The van der Waals surface area contributed by atoms with Gasteiger partial charge in [0.1, 0.15) is 5.60 Å². The molecule has 0 aliphatic carbocycles. The van der Waals surface area contributed by atoms with E-state index in [-0.39, 0.29) is 34.6 Å². The number of Topliss-reactive ketones (excluding diaryl/α,β-unsaturated/α-hetero) is 1. The number of allylic oxidation sites excluding steroid dienone is 2. The van der Waals surface area contributed by atoms with Crippen LogP contribution in [0, 0.1) is 18.8 Å². The van der Waals surface area contributed by atoms with Crippen molar-refractivity contribution in [2.75, 3.05) is 6.61 Å². The second kappa shape index (κ2) is 15.0. The van der Waals surface area contributed by atoms with Gasteiger partial charge in [-0.25, -0.2) is 0 Å². The molecule has 0 fully saturated rings. The minimum absolute atomic E-state index is 0.0105. The molecule has 0 saturated heterocycles. The van der Waals surface area contributed by atoms with Crippen LogP contribution in [-0.4, -0.2) is 40.8 Å². The average molecular weight is 545 g/mol. The summed E-state index contributed by atoms with van der Waals surface area (Å²) in [6, 6.07) is 2.07. The van der Waals surface area contributed by atoms with E-state index in [0.717, 1.165) is 42.8 Å². The van der Waals surface area contributed by atoms with Crippen LogP contribution >= 0.6 is 0 Å². The first-order chi connectivity index (χ1) is 17.8. The molecule has 0 amide bonds. The van der Waals surface area contributed by atoms with Crippen molar-refractivity contribution in [1.82, 2.24) is 4.98 Å². The van der Waals surface area contributed by atoms with E-state index in [1.165, 1.54) is 0 Å². The van der Waals surface area contributed by atoms with Crippen molar-refractivity contribution in [1.29, 1.82) is 0 Å². The van der Waals surface area contributed by atoms with Gasteiger partial charge in [0.15, 0.2) is 5.78 Å². The number of rotatable bonds is 14. The molecule has 0 aliphatic rings. The smallest absolute Gasteiger partial charge is 0.306 e. The maximum atomic E-state index is 13.1. The summed E-state index contributed by atoms with van der Waals surface area (Å²) in [5, 5.41) is 0. The highest BCUT2D eigenvalue weighted by atomic mass is 16.6. The van der Waals surface area contributed by atoms with Crippen LogP contribution < -0.4 is 0 Å². The second-order valence-corrected chi connectivity index (χ2v) is 13.9. The van der Waals surface area contributed by atoms with E-state index in [2.05, 4.69) is 43.7 Å². The predicted octanol–water partition coefficient (Wildman–Crippen LogP) is 8.59. The van der Waals surface area contributed by atoms with E-state index in [4.69, 9.17) is 9.47 Å². The Kier molecular flexibility index (Phi) is 13.4. The molecule has 6 nitrogen and oxygen atoms in total. The molecule has 1 N–H and O–H groups in total. The number of H-pyrrole nitrogens is 1. The molecular weight excluding hydrogens is 488 g/mol. The van der Waals surface area contributed by atoms with Gasteiger partial charge in [-0.2, -0.15) is 0 Å². The number of unbranched alkanes of at least 4 members (excludes halogenated alkanes) is 1. The Hall–Kier alpha value is -2.21. The third-order valence-corrected chi connectivity index (χ3v) is 6.56. The molecular formula is C33H56N2O4. The van der Waals surface area contributed by atoms with Crippen LogP contribution in [0.25, 0.3) is 0 Å². The van der Waals surface area contributed by atoms with Gasteiger partial charge in [-0.15, -0.1) is 0 Å². The lowest BCUT2D eigenvalue weighted by atomic mass is 9.87. The third kappa shape index (κ3) is 14.1. The minimum atomic E-state index is -0.490. The first kappa shape index (κ1) is 34.8. The number of nitrogens with zero attached hydrogens (tertiary/aromatic N) is 1. The average Bonchev–Trinajstić information content (AvgIpc) is 3.14. The number of nitrogens with one attached hydrogen (secondary N) is 1. The summed E-state index contributed by atoms with van der Waals surface area (Å²) in [4.78, 5) is 33.6. The Morgan fingerprint density at radius 1 is 1.03 bits per heavy atom. The van der Waals surface area contributed by atoms with Gasteiger partial charge in [0.25, 0.3) is 0 Å². The van der Waals surface area contributed by atoms with Crippen LogP contribution in [0.2, 0.25) is 0 Å². The van der Waals surface area contributed by atoms with Crippen molar-refractivity contribution >= 4 is 23.7 Å². The lowest BCUT2D eigenvalue weighted by Gasteiger charge is -2.29. The van der Waals surface area contributed by atoms with Crippen molar-refractivity contribution in [2.24, 2.45) is 16.8 Å². The molecule has 6 heteroatoms. The quantitative estimate of drug-likeness (QED) is 0.110. The number of ketones is 1. The van der Waals surface area contributed by atoms with Crippen molar-refractivity contribution in [3.05, 3.63) is 29.1 Å². The maximum absolute atomic E-state index is 13.1. The number of aromatic amines is 1. The Morgan fingerprint density at radius 2 is 1.67 bits per heavy atom. The largest absolute Gasteiger partial charge is 0.460 e. The van der Waals surface area contributed by atoms with Crippen LogP contribution in [-0.2, 0) is 24.5 Å². The highest BCUT2D eigenvalue weighted by Crippen LogP contribution is 2.29. The first-order valence-corrected chi connectivity index (χ1v) is 14.7. The zero-order valence-electron chi connectivity index (χ0n) is 26.9. The number of hydrogen-bond donors (Lipinski definition) is 1. The van der Waals surface area contributed by atoms with Crippen LogP contribution in [0.4, 0.5) is 5.69 Å². The lowest BCUT2D eigenvalue weighted by Crippen LogP contribution is -2.30. The molecule has 0 radical (unpaired) electrons. The number of aliphatic imine (C=N–C) groups is 1. The fraction of sp³-hybridized carbons (Fsp3) is 0.727. The van der Waals surface area contributed by atoms with Gasteiger partial charge in [-0.05, 0) is 85.6 Å². The van der Waals surface area contributed by atoms with E-state index in [0.29, 0.717) is 25.0 Å². The van der Waals surface area contributed by atoms with Gasteiger partial charge in [-0.1, -0.05) is 47.1 Å². The number of aryl methyl sites for hydroxylation is 1. The van der Waals surface area contributed by atoms with Gasteiger partial charge in [0.2, 0.25) is 0 Å². The Balaban J connectivity index is 2.77. The summed E-state index contributed by atoms with van der Waals surface area (Å²) < 4.78 is 11.6. The highest BCUT2D eigenvalue weighted by molar-refractivity contribution is 6.13. The number of carbonyl (C=O) groups is 2. The van der Waals surface area contributed by atoms with Crippen LogP contribution in [0.1, 0.15) is 126 Å². The number of carbonyl (C=O) groups excluding carboxylic acids is 2. The molecule has 39 heavy (non-hydrogen) atoms. The highest BCUT2D eigenvalue weighted by Gasteiger charge is 2.25. The maximum Gasteiger partial charge on any atom is 0.306 e. The van der Waals surface area contributed by atoms with E-state index < -0.39 is 5.60 Å². The molecule has 222 valence electrons. The summed E-state index contributed by atoms with van der Waals surface area (Å²) in [6.45, 7) is 25.0. The van der Waals surface area contributed by atoms with Gasteiger partial charge < -0.3 is 14.5 Å². The normalized spacial score (nSPS) is 15.0. The van der Waals surface area contributed by atoms with Crippen molar-refractivity contribution in [2.45, 2.75) is 138 Å². The summed E-state index contributed by atoms with van der Waals surface area (Å²) in [5.41, 5.74) is 2.95. The molecule has 2 unspecified atom stereocenters. The number of ether oxygens (including phenoxy) is 2. The molecule has 1 heterocycles. The van der Waals surface area contributed by atoms with Crippen LogP contribution in [0.5, 0.6) is 0 Å². The molecule has 1 rings (SSSR count). The predicted molar refractivity (Wildman–Crippen MR) is 163 cm³/mol. The number of esters is 1.